The van der Waals surface area contributed by atoms with E-state index in [0.29, 0.717) is 23.8 Å². The van der Waals surface area contributed by atoms with Crippen molar-refractivity contribution in [1.29, 1.82) is 0 Å². The van der Waals surface area contributed by atoms with E-state index >= 15 is 0 Å². The van der Waals surface area contributed by atoms with Gasteiger partial charge in [-0.25, -0.2) is 13.1 Å². The molecule has 1 aliphatic rings. The lowest BCUT2D eigenvalue weighted by Crippen LogP contribution is -2.47. The van der Waals surface area contributed by atoms with Crippen molar-refractivity contribution < 1.29 is 13.2 Å². The summed E-state index contributed by atoms with van der Waals surface area (Å²) in [6, 6.07) is 14.0. The van der Waals surface area contributed by atoms with Crippen molar-refractivity contribution >= 4 is 38.3 Å². The molecule has 1 fully saturated rings. The summed E-state index contributed by atoms with van der Waals surface area (Å²) < 4.78 is 25.4. The number of carbonyl (C=O) groups excluding carboxylic acids is 1. The van der Waals surface area contributed by atoms with E-state index in [1.54, 1.807) is 4.90 Å². The topological polar surface area (TPSA) is 111 Å². The number of hydrogen-bond acceptors (Lipinski definition) is 7. The minimum atomic E-state index is -3.08. The second-order valence-corrected chi connectivity index (χ2v) is 11.7. The summed E-state index contributed by atoms with van der Waals surface area (Å²) in [5.41, 5.74) is 1.10. The van der Waals surface area contributed by atoms with Crippen LogP contribution in [0.25, 0.3) is 10.8 Å². The maximum atomic E-state index is 13.1. The van der Waals surface area contributed by atoms with Crippen LogP contribution in [0.15, 0.2) is 47.6 Å². The van der Waals surface area contributed by atoms with E-state index in [1.807, 2.05) is 38.1 Å². The SMILES string of the molecule is CC[C@@H](C)N(C(=O)CSc1nnc(Cc2cccc3ccccc23)n1N)[C@H]1CCS(=O)(=O)C1. The Morgan fingerprint density at radius 2 is 2.00 bits per heavy atom. The molecule has 1 amide bonds. The summed E-state index contributed by atoms with van der Waals surface area (Å²) in [6.07, 6.45) is 1.78. The lowest BCUT2D eigenvalue weighted by atomic mass is 10.0. The van der Waals surface area contributed by atoms with Crippen LogP contribution in [0.2, 0.25) is 0 Å². The monoisotopic (exact) mass is 487 g/mol. The minimum Gasteiger partial charge on any atom is -0.336 e. The predicted octanol–water partition coefficient (Wildman–Crippen LogP) is 2.64. The summed E-state index contributed by atoms with van der Waals surface area (Å²) in [6.45, 7) is 3.96. The highest BCUT2D eigenvalue weighted by atomic mass is 32.2. The largest absolute Gasteiger partial charge is 0.336 e. The van der Waals surface area contributed by atoms with Crippen LogP contribution in [-0.2, 0) is 21.1 Å². The van der Waals surface area contributed by atoms with Gasteiger partial charge in [-0.1, -0.05) is 61.2 Å². The van der Waals surface area contributed by atoms with Gasteiger partial charge in [0.15, 0.2) is 15.7 Å². The number of thioether (sulfide) groups is 1. The smallest absolute Gasteiger partial charge is 0.233 e. The first-order chi connectivity index (χ1) is 15.8. The van der Waals surface area contributed by atoms with Gasteiger partial charge in [0.25, 0.3) is 0 Å². The van der Waals surface area contributed by atoms with Crippen LogP contribution >= 0.6 is 11.8 Å². The molecule has 0 radical (unpaired) electrons. The molecule has 2 aromatic carbocycles. The number of carbonyl (C=O) groups is 1. The maximum absolute atomic E-state index is 13.1. The highest BCUT2D eigenvalue weighted by molar-refractivity contribution is 7.99. The van der Waals surface area contributed by atoms with Crippen molar-refractivity contribution in [2.24, 2.45) is 0 Å². The number of hydrogen-bond donors (Lipinski definition) is 1. The molecule has 8 nitrogen and oxygen atoms in total. The molecule has 0 saturated carbocycles. The molecule has 176 valence electrons. The molecular weight excluding hydrogens is 458 g/mol. The van der Waals surface area contributed by atoms with Crippen molar-refractivity contribution in [3.63, 3.8) is 0 Å². The first-order valence-electron chi connectivity index (χ1n) is 11.1. The number of fused-ring (bicyclic) bond motifs is 1. The van der Waals surface area contributed by atoms with Crippen molar-refractivity contribution in [3.05, 3.63) is 53.9 Å². The number of rotatable bonds is 8. The van der Waals surface area contributed by atoms with Crippen molar-refractivity contribution in [1.82, 2.24) is 19.8 Å². The van der Waals surface area contributed by atoms with Crippen LogP contribution < -0.4 is 5.84 Å². The summed E-state index contributed by atoms with van der Waals surface area (Å²) in [7, 11) is -3.08. The molecule has 0 unspecified atom stereocenters. The molecular formula is C23H29N5O3S2. The molecule has 1 aliphatic heterocycles. The fourth-order valence-corrected chi connectivity index (χ4v) is 6.80. The fraction of sp³-hybridized carbons (Fsp3) is 0.435. The Bertz CT molecular complexity index is 1250. The first-order valence-corrected chi connectivity index (χ1v) is 13.9. The first kappa shape index (κ1) is 23.6. The Morgan fingerprint density at radius 1 is 1.24 bits per heavy atom. The highest BCUT2D eigenvalue weighted by Gasteiger charge is 2.36. The Morgan fingerprint density at radius 3 is 2.73 bits per heavy atom. The number of nitrogens with zero attached hydrogens (tertiary/aromatic N) is 4. The normalized spacial score (nSPS) is 18.4. The number of sulfone groups is 1. The third kappa shape index (κ3) is 5.16. The Kier molecular flexibility index (Phi) is 6.94. The third-order valence-electron chi connectivity index (χ3n) is 6.24. The van der Waals surface area contributed by atoms with E-state index in [4.69, 9.17) is 5.84 Å². The third-order valence-corrected chi connectivity index (χ3v) is 8.92. The van der Waals surface area contributed by atoms with Crippen LogP contribution in [0.3, 0.4) is 0 Å². The van der Waals surface area contributed by atoms with Gasteiger partial charge in [0.2, 0.25) is 11.1 Å². The molecule has 1 saturated heterocycles. The molecule has 10 heteroatoms. The van der Waals surface area contributed by atoms with Crippen LogP contribution in [0.1, 0.15) is 38.1 Å². The lowest BCUT2D eigenvalue weighted by Gasteiger charge is -2.33. The van der Waals surface area contributed by atoms with E-state index in [2.05, 4.69) is 28.4 Å². The van der Waals surface area contributed by atoms with Crippen molar-refractivity contribution in [2.75, 3.05) is 23.1 Å². The lowest BCUT2D eigenvalue weighted by molar-refractivity contribution is -0.132. The Hall–Kier alpha value is -2.59. The molecule has 2 N–H and O–H groups in total. The van der Waals surface area contributed by atoms with Gasteiger partial charge < -0.3 is 10.7 Å². The van der Waals surface area contributed by atoms with Gasteiger partial charge in [0, 0.05) is 18.5 Å². The summed E-state index contributed by atoms with van der Waals surface area (Å²) >= 11 is 1.23. The average Bonchev–Trinajstić information content (AvgIpc) is 3.33. The van der Waals surface area contributed by atoms with Crippen LogP contribution in [0, 0.1) is 0 Å². The molecule has 0 spiro atoms. The van der Waals surface area contributed by atoms with Crippen LogP contribution in [0.5, 0.6) is 0 Å². The second-order valence-electron chi connectivity index (χ2n) is 8.49. The van der Waals surface area contributed by atoms with E-state index in [1.165, 1.54) is 16.4 Å². The number of nitrogens with two attached hydrogens (primary N) is 1. The second kappa shape index (κ2) is 9.72. The summed E-state index contributed by atoms with van der Waals surface area (Å²) in [5, 5.41) is 11.2. The Balaban J connectivity index is 1.46. The van der Waals surface area contributed by atoms with E-state index in [-0.39, 0.29) is 35.2 Å². The van der Waals surface area contributed by atoms with Crippen LogP contribution in [-0.4, -0.2) is 63.4 Å². The number of amides is 1. The molecule has 0 bridgehead atoms. The van der Waals surface area contributed by atoms with Gasteiger partial charge >= 0.3 is 0 Å². The van der Waals surface area contributed by atoms with Gasteiger partial charge in [-0.2, -0.15) is 0 Å². The fourth-order valence-electron chi connectivity index (χ4n) is 4.34. The molecule has 0 aliphatic carbocycles. The summed E-state index contributed by atoms with van der Waals surface area (Å²) in [4.78, 5) is 14.8. The molecule has 4 rings (SSSR count). The van der Waals surface area contributed by atoms with E-state index in [9.17, 15) is 13.2 Å². The predicted molar refractivity (Wildman–Crippen MR) is 131 cm³/mol. The van der Waals surface area contributed by atoms with Gasteiger partial charge in [-0.05, 0) is 36.1 Å². The maximum Gasteiger partial charge on any atom is 0.233 e. The average molecular weight is 488 g/mol. The zero-order valence-electron chi connectivity index (χ0n) is 18.8. The zero-order valence-corrected chi connectivity index (χ0v) is 20.5. The van der Waals surface area contributed by atoms with Crippen LogP contribution in [0.4, 0.5) is 0 Å². The van der Waals surface area contributed by atoms with Gasteiger partial charge in [0.1, 0.15) is 0 Å². The highest BCUT2D eigenvalue weighted by Crippen LogP contribution is 2.25. The quantitative estimate of drug-likeness (QED) is 0.384. The minimum absolute atomic E-state index is 0.0333. The van der Waals surface area contributed by atoms with Gasteiger partial charge in [-0.15, -0.1) is 10.2 Å². The number of benzene rings is 2. The molecule has 33 heavy (non-hydrogen) atoms. The van der Waals surface area contributed by atoms with E-state index < -0.39 is 9.84 Å². The molecule has 1 aromatic heterocycles. The van der Waals surface area contributed by atoms with E-state index in [0.717, 1.165) is 22.8 Å². The molecule has 2 heterocycles. The zero-order chi connectivity index (χ0) is 23.6. The van der Waals surface area contributed by atoms with Crippen molar-refractivity contribution in [3.8, 4) is 0 Å². The Labute approximate surface area is 198 Å². The molecule has 2 atom stereocenters. The van der Waals surface area contributed by atoms with Gasteiger partial charge in [0.05, 0.1) is 17.3 Å². The van der Waals surface area contributed by atoms with Gasteiger partial charge in [-0.3, -0.25) is 4.79 Å². The van der Waals surface area contributed by atoms with Crippen molar-refractivity contribution in [2.45, 2.75) is 50.4 Å². The summed E-state index contributed by atoms with van der Waals surface area (Å²) in [5.74, 6) is 7.08. The number of aromatic nitrogens is 3. The standard InChI is InChI=1S/C23H29N5O3S2/c1-3-16(2)27(19-11-12-33(30,31)15-19)22(29)14-32-23-26-25-21(28(23)24)13-18-9-6-8-17-7-4-5-10-20(17)18/h4-10,16,19H,3,11-15,24H2,1-2H3/t16-,19+/m1/s1. The number of nitrogen functional groups attached to an aromatic ring is 1. The molecule has 3 aromatic rings.